The number of benzene rings is 1. The average Bonchev–Trinajstić information content (AvgIpc) is 2.53. The molecule has 20 heavy (non-hydrogen) atoms. The Hall–Kier alpha value is -2.76. The van der Waals surface area contributed by atoms with Gasteiger partial charge in [0.1, 0.15) is 5.52 Å². The minimum Gasteiger partial charge on any atom is -0.481 e. The first-order valence-electron chi connectivity index (χ1n) is 6.18. The van der Waals surface area contributed by atoms with Gasteiger partial charge in [-0.2, -0.15) is 0 Å². The van der Waals surface area contributed by atoms with Crippen LogP contribution in [0.25, 0.3) is 11.0 Å². The van der Waals surface area contributed by atoms with E-state index in [9.17, 15) is 0 Å². The van der Waals surface area contributed by atoms with Crippen LogP contribution in [0, 0.1) is 0 Å². The lowest BCUT2D eigenvalue weighted by molar-refractivity contribution is 0.393. The van der Waals surface area contributed by atoms with Crippen molar-refractivity contribution in [1.82, 2.24) is 20.2 Å². The lowest BCUT2D eigenvalue weighted by Crippen LogP contribution is -2.06. The monoisotopic (exact) mass is 267 g/mol. The third kappa shape index (κ3) is 2.49. The fraction of sp³-hybridized carbons (Fsp3) is 0.143. The van der Waals surface area contributed by atoms with Crippen molar-refractivity contribution >= 4 is 17.0 Å². The van der Waals surface area contributed by atoms with Crippen LogP contribution in [0.1, 0.15) is 5.56 Å². The van der Waals surface area contributed by atoms with Crippen molar-refractivity contribution in [3.63, 3.8) is 0 Å². The molecule has 0 saturated carbocycles. The molecule has 0 bridgehead atoms. The van der Waals surface area contributed by atoms with Crippen LogP contribution in [0.4, 0.5) is 5.95 Å². The van der Waals surface area contributed by atoms with Gasteiger partial charge in [0, 0.05) is 18.3 Å². The number of nitrogens with zero attached hydrogens (tertiary/aromatic N) is 4. The smallest absolute Gasteiger partial charge is 0.243 e. The van der Waals surface area contributed by atoms with Gasteiger partial charge in [-0.1, -0.05) is 18.2 Å². The Morgan fingerprint density at radius 2 is 1.90 bits per heavy atom. The maximum Gasteiger partial charge on any atom is 0.243 e. The molecule has 3 rings (SSSR count). The first-order chi connectivity index (χ1) is 9.86. The number of pyridine rings is 1. The number of methoxy groups -OCH3 is 1. The standard InChI is InChI=1S/C14H13N5O/c1-20-13-10(5-4-8-15-13)9-16-14-17-11-6-2-3-7-12(11)18-19-14/h2-8H,9H2,1H3,(H,16,17,19). The minimum atomic E-state index is 0.481. The summed E-state index contributed by atoms with van der Waals surface area (Å²) in [6, 6.07) is 11.4. The quantitative estimate of drug-likeness (QED) is 0.779. The molecule has 0 radical (unpaired) electrons. The van der Waals surface area contributed by atoms with Gasteiger partial charge in [0.25, 0.3) is 0 Å². The highest BCUT2D eigenvalue weighted by Crippen LogP contribution is 2.15. The number of anilines is 1. The summed E-state index contributed by atoms with van der Waals surface area (Å²) in [4.78, 5) is 8.54. The van der Waals surface area contributed by atoms with Gasteiger partial charge >= 0.3 is 0 Å². The van der Waals surface area contributed by atoms with E-state index in [1.54, 1.807) is 13.3 Å². The van der Waals surface area contributed by atoms with Crippen LogP contribution >= 0.6 is 0 Å². The second-order valence-electron chi connectivity index (χ2n) is 4.15. The van der Waals surface area contributed by atoms with Crippen molar-refractivity contribution < 1.29 is 4.74 Å². The highest BCUT2D eigenvalue weighted by atomic mass is 16.5. The van der Waals surface area contributed by atoms with Crippen LogP contribution in [0.3, 0.4) is 0 Å². The molecule has 0 saturated heterocycles. The molecule has 1 N–H and O–H groups in total. The largest absolute Gasteiger partial charge is 0.481 e. The van der Waals surface area contributed by atoms with Crippen LogP contribution in [0.5, 0.6) is 5.88 Å². The second-order valence-corrected chi connectivity index (χ2v) is 4.15. The van der Waals surface area contributed by atoms with Gasteiger partial charge in [-0.05, 0) is 18.2 Å². The average molecular weight is 267 g/mol. The number of ether oxygens (including phenoxy) is 1. The van der Waals surface area contributed by atoms with Crippen molar-refractivity contribution in [3.05, 3.63) is 48.2 Å². The molecule has 6 heteroatoms. The van der Waals surface area contributed by atoms with E-state index in [4.69, 9.17) is 4.74 Å². The topological polar surface area (TPSA) is 72.8 Å². The minimum absolute atomic E-state index is 0.481. The Bertz CT molecular complexity index is 731. The third-order valence-corrected chi connectivity index (χ3v) is 2.84. The number of fused-ring (bicyclic) bond motifs is 1. The summed E-state index contributed by atoms with van der Waals surface area (Å²) in [5.41, 5.74) is 2.52. The van der Waals surface area contributed by atoms with Crippen molar-refractivity contribution in [2.75, 3.05) is 12.4 Å². The van der Waals surface area contributed by atoms with Gasteiger partial charge in [-0.3, -0.25) is 0 Å². The third-order valence-electron chi connectivity index (χ3n) is 2.84. The van der Waals surface area contributed by atoms with Crippen LogP contribution in [-0.2, 0) is 6.54 Å². The normalized spacial score (nSPS) is 10.4. The molecule has 0 fully saturated rings. The zero-order valence-corrected chi connectivity index (χ0v) is 10.9. The molecule has 1 aromatic carbocycles. The maximum atomic E-state index is 5.20. The zero-order chi connectivity index (χ0) is 13.8. The molecule has 100 valence electrons. The Kier molecular flexibility index (Phi) is 3.36. The van der Waals surface area contributed by atoms with Gasteiger partial charge < -0.3 is 10.1 Å². The summed E-state index contributed by atoms with van der Waals surface area (Å²) >= 11 is 0. The fourth-order valence-corrected chi connectivity index (χ4v) is 1.87. The summed E-state index contributed by atoms with van der Waals surface area (Å²) < 4.78 is 5.20. The van der Waals surface area contributed by atoms with Gasteiger partial charge in [-0.15, -0.1) is 10.2 Å². The molecule has 0 aliphatic rings. The van der Waals surface area contributed by atoms with Crippen molar-refractivity contribution in [2.45, 2.75) is 6.54 Å². The van der Waals surface area contributed by atoms with Crippen LogP contribution in [0.15, 0.2) is 42.6 Å². The summed E-state index contributed by atoms with van der Waals surface area (Å²) in [5, 5.41) is 11.3. The predicted molar refractivity (Wildman–Crippen MR) is 75.4 cm³/mol. The van der Waals surface area contributed by atoms with E-state index in [2.05, 4.69) is 25.5 Å². The Morgan fingerprint density at radius 1 is 1.05 bits per heavy atom. The van der Waals surface area contributed by atoms with Gasteiger partial charge in [0.2, 0.25) is 11.8 Å². The highest BCUT2D eigenvalue weighted by Gasteiger charge is 2.05. The Labute approximate surface area is 115 Å². The number of hydrogen-bond donors (Lipinski definition) is 1. The first kappa shape index (κ1) is 12.3. The fourth-order valence-electron chi connectivity index (χ4n) is 1.87. The SMILES string of the molecule is COc1ncccc1CNc1nnc2ccccc2n1. The predicted octanol–water partition coefficient (Wildman–Crippen LogP) is 2.04. The van der Waals surface area contributed by atoms with Crippen molar-refractivity contribution in [3.8, 4) is 5.88 Å². The lowest BCUT2D eigenvalue weighted by Gasteiger charge is -2.08. The van der Waals surface area contributed by atoms with E-state index in [-0.39, 0.29) is 0 Å². The number of hydrogen-bond acceptors (Lipinski definition) is 6. The Balaban J connectivity index is 1.79. The van der Waals surface area contributed by atoms with Crippen LogP contribution in [0.2, 0.25) is 0 Å². The van der Waals surface area contributed by atoms with Crippen molar-refractivity contribution in [1.29, 1.82) is 0 Å². The number of aromatic nitrogens is 4. The molecule has 3 aromatic rings. The van der Waals surface area contributed by atoms with Gasteiger partial charge in [0.15, 0.2) is 0 Å². The Morgan fingerprint density at radius 3 is 2.75 bits per heavy atom. The molecule has 2 heterocycles. The van der Waals surface area contributed by atoms with Gasteiger partial charge in [-0.25, -0.2) is 9.97 Å². The van der Waals surface area contributed by atoms with E-state index in [0.717, 1.165) is 16.6 Å². The second kappa shape index (κ2) is 5.48. The molecule has 2 aromatic heterocycles. The highest BCUT2D eigenvalue weighted by molar-refractivity contribution is 5.74. The first-order valence-corrected chi connectivity index (χ1v) is 6.18. The van der Waals surface area contributed by atoms with Crippen LogP contribution in [-0.4, -0.2) is 27.3 Å². The van der Waals surface area contributed by atoms with Gasteiger partial charge in [0.05, 0.1) is 12.6 Å². The molecule has 0 spiro atoms. The lowest BCUT2D eigenvalue weighted by atomic mass is 10.2. The van der Waals surface area contributed by atoms with E-state index in [0.29, 0.717) is 18.4 Å². The van der Waals surface area contributed by atoms with E-state index < -0.39 is 0 Å². The molecule has 0 aliphatic carbocycles. The molecular formula is C14H13N5O. The van der Waals surface area contributed by atoms with E-state index >= 15 is 0 Å². The zero-order valence-electron chi connectivity index (χ0n) is 10.9. The maximum absolute atomic E-state index is 5.20. The molecule has 0 atom stereocenters. The summed E-state index contributed by atoms with van der Waals surface area (Å²) in [6.45, 7) is 0.525. The molecular weight excluding hydrogens is 254 g/mol. The molecule has 0 aliphatic heterocycles. The molecule has 6 nitrogen and oxygen atoms in total. The van der Waals surface area contributed by atoms with E-state index in [1.165, 1.54) is 0 Å². The van der Waals surface area contributed by atoms with Crippen LogP contribution < -0.4 is 10.1 Å². The van der Waals surface area contributed by atoms with Crippen molar-refractivity contribution in [2.24, 2.45) is 0 Å². The molecule has 0 amide bonds. The number of rotatable bonds is 4. The molecule has 0 unspecified atom stereocenters. The number of nitrogens with one attached hydrogen (secondary N) is 1. The summed E-state index contributed by atoms with van der Waals surface area (Å²) in [6.07, 6.45) is 1.69. The summed E-state index contributed by atoms with van der Waals surface area (Å²) in [7, 11) is 1.60. The number of para-hydroxylation sites is 1. The summed E-state index contributed by atoms with van der Waals surface area (Å²) in [5.74, 6) is 1.07. The van der Waals surface area contributed by atoms with E-state index in [1.807, 2.05) is 36.4 Å².